The number of unbranched alkanes of at least 4 members (excludes halogenated alkanes) is 9. The molecule has 123 valence electrons. The minimum absolute atomic E-state index is 0.498. The van der Waals surface area contributed by atoms with Gasteiger partial charge in [-0.2, -0.15) is 0 Å². The van der Waals surface area contributed by atoms with Crippen molar-refractivity contribution in [3.05, 3.63) is 0 Å². The van der Waals surface area contributed by atoms with Crippen LogP contribution in [0.5, 0.6) is 0 Å². The summed E-state index contributed by atoms with van der Waals surface area (Å²) < 4.78 is 0.376. The summed E-state index contributed by atoms with van der Waals surface area (Å²) in [5, 5.41) is 0. The number of rotatable bonds is 13. The van der Waals surface area contributed by atoms with E-state index in [1.807, 2.05) is 20.1 Å². The van der Waals surface area contributed by atoms with Gasteiger partial charge in [-0.05, 0) is 26.0 Å². The largest absolute Gasteiger partial charge is 0.289 e. The second kappa shape index (κ2) is 14.1. The highest BCUT2D eigenvalue weighted by Gasteiger charge is 2.20. The van der Waals surface area contributed by atoms with E-state index >= 15 is 0 Å². The zero-order chi connectivity index (χ0) is 16.0. The van der Waals surface area contributed by atoms with Crippen LogP contribution in [0.1, 0.15) is 85.0 Å². The van der Waals surface area contributed by atoms with Crippen molar-refractivity contribution in [3.8, 4) is 0 Å². The first-order chi connectivity index (χ1) is 10.0. The predicted octanol–water partition coefficient (Wildman–Crippen LogP) is 6.55. The standard InChI is InChI=1S/C17H31OS3/c1-4-5-6-7-8-9-10-11-12-13-14-20-16(19)21-17(2,3)15-18/h4-14H2,1-3H3. The molecule has 0 aliphatic heterocycles. The van der Waals surface area contributed by atoms with Gasteiger partial charge in [-0.3, -0.25) is 4.79 Å². The van der Waals surface area contributed by atoms with Crippen molar-refractivity contribution in [2.24, 2.45) is 0 Å². The fourth-order valence-electron chi connectivity index (χ4n) is 2.00. The van der Waals surface area contributed by atoms with Gasteiger partial charge in [-0.25, -0.2) is 0 Å². The molecule has 21 heavy (non-hydrogen) atoms. The van der Waals surface area contributed by atoms with Crippen LogP contribution in [-0.4, -0.2) is 20.3 Å². The quantitative estimate of drug-likeness (QED) is 0.277. The summed E-state index contributed by atoms with van der Waals surface area (Å²) in [6, 6.07) is 0. The molecule has 0 bridgehead atoms. The molecule has 0 saturated heterocycles. The number of thiocarbonyl (C=S) groups is 1. The predicted molar refractivity (Wildman–Crippen MR) is 104 cm³/mol. The van der Waals surface area contributed by atoms with Gasteiger partial charge in [0.15, 0.2) is 0 Å². The van der Waals surface area contributed by atoms with Gasteiger partial charge in [0.2, 0.25) is 6.29 Å². The highest BCUT2D eigenvalue weighted by molar-refractivity contribution is 8.47. The van der Waals surface area contributed by atoms with Crippen LogP contribution < -0.4 is 0 Å². The van der Waals surface area contributed by atoms with E-state index in [2.05, 4.69) is 6.92 Å². The summed E-state index contributed by atoms with van der Waals surface area (Å²) in [4.78, 5) is 10.7. The van der Waals surface area contributed by atoms with Crippen molar-refractivity contribution in [1.82, 2.24) is 0 Å². The molecule has 0 saturated carbocycles. The molecule has 0 amide bonds. The molecule has 0 aromatic carbocycles. The van der Waals surface area contributed by atoms with Gasteiger partial charge in [-0.15, -0.1) is 11.8 Å². The molecule has 0 N–H and O–H groups in total. The number of hydrogen-bond acceptors (Lipinski definition) is 4. The van der Waals surface area contributed by atoms with Crippen molar-refractivity contribution < 1.29 is 4.79 Å². The lowest BCUT2D eigenvalue weighted by atomic mass is 10.1. The van der Waals surface area contributed by atoms with Gasteiger partial charge in [0.1, 0.15) is 3.53 Å². The van der Waals surface area contributed by atoms with Gasteiger partial charge >= 0.3 is 0 Å². The molecule has 0 unspecified atom stereocenters. The Labute approximate surface area is 145 Å². The van der Waals surface area contributed by atoms with Gasteiger partial charge in [0.25, 0.3) is 0 Å². The first kappa shape index (κ1) is 21.5. The Morgan fingerprint density at radius 1 is 0.952 bits per heavy atom. The van der Waals surface area contributed by atoms with Crippen LogP contribution in [0.4, 0.5) is 0 Å². The van der Waals surface area contributed by atoms with Gasteiger partial charge in [-0.1, -0.05) is 88.7 Å². The maximum absolute atomic E-state index is 10.7. The Morgan fingerprint density at radius 2 is 1.43 bits per heavy atom. The van der Waals surface area contributed by atoms with Crippen LogP contribution in [0.15, 0.2) is 0 Å². The Morgan fingerprint density at radius 3 is 1.90 bits per heavy atom. The lowest BCUT2D eigenvalue weighted by molar-refractivity contribution is 0.543. The Hall–Kier alpha value is 0.460. The van der Waals surface area contributed by atoms with Crippen LogP contribution in [0.3, 0.4) is 0 Å². The van der Waals surface area contributed by atoms with Crippen molar-refractivity contribution in [3.63, 3.8) is 0 Å². The Kier molecular flexibility index (Phi) is 14.4. The fourth-order valence-corrected chi connectivity index (χ4v) is 4.96. The first-order valence-corrected chi connectivity index (χ1v) is 10.5. The van der Waals surface area contributed by atoms with Crippen molar-refractivity contribution in [2.75, 3.05) is 5.75 Å². The van der Waals surface area contributed by atoms with E-state index < -0.39 is 4.75 Å². The Balaban J connectivity index is 3.29. The topological polar surface area (TPSA) is 17.1 Å². The first-order valence-electron chi connectivity index (χ1n) is 8.27. The molecule has 0 atom stereocenters. The summed E-state index contributed by atoms with van der Waals surface area (Å²) >= 11 is 8.45. The third kappa shape index (κ3) is 15.1. The highest BCUT2D eigenvalue weighted by Crippen LogP contribution is 2.29. The van der Waals surface area contributed by atoms with E-state index in [-0.39, 0.29) is 0 Å². The van der Waals surface area contributed by atoms with E-state index in [1.165, 1.54) is 76.0 Å². The molecule has 0 aromatic rings. The smallest absolute Gasteiger partial charge is 0.215 e. The van der Waals surface area contributed by atoms with Crippen molar-refractivity contribution in [1.29, 1.82) is 0 Å². The SMILES string of the molecule is CCCCCCCCCCCCSC(=S)SC(C)(C)[C]=O. The monoisotopic (exact) mass is 347 g/mol. The van der Waals surface area contributed by atoms with Crippen LogP contribution in [0.25, 0.3) is 0 Å². The van der Waals surface area contributed by atoms with Gasteiger partial charge < -0.3 is 0 Å². The second-order valence-corrected chi connectivity index (χ2v) is 9.92. The zero-order valence-corrected chi connectivity index (χ0v) is 16.4. The normalized spacial score (nSPS) is 11.6. The molecule has 0 fully saturated rings. The average Bonchev–Trinajstić information content (AvgIpc) is 2.44. The van der Waals surface area contributed by atoms with E-state index in [0.717, 1.165) is 9.28 Å². The summed E-state index contributed by atoms with van der Waals surface area (Å²) in [7, 11) is 0. The van der Waals surface area contributed by atoms with E-state index in [0.29, 0.717) is 0 Å². The minimum Gasteiger partial charge on any atom is -0.289 e. The number of hydrogen-bond donors (Lipinski definition) is 0. The van der Waals surface area contributed by atoms with Crippen LogP contribution >= 0.6 is 35.7 Å². The summed E-state index contributed by atoms with van der Waals surface area (Å²) in [5.41, 5.74) is 0. The van der Waals surface area contributed by atoms with Crippen molar-refractivity contribution >= 4 is 45.6 Å². The number of thioether (sulfide) groups is 2. The number of carbonyl (C=O) groups excluding carboxylic acids is 1. The van der Waals surface area contributed by atoms with Gasteiger partial charge in [0, 0.05) is 0 Å². The second-order valence-electron chi connectivity index (χ2n) is 5.99. The summed E-state index contributed by atoms with van der Waals surface area (Å²) in [6.45, 7) is 5.98. The zero-order valence-electron chi connectivity index (χ0n) is 13.9. The minimum atomic E-state index is -0.498. The fraction of sp³-hybridized carbons (Fsp3) is 0.882. The van der Waals surface area contributed by atoms with Crippen LogP contribution in [0.2, 0.25) is 0 Å². The van der Waals surface area contributed by atoms with E-state index in [4.69, 9.17) is 12.2 Å². The molecule has 0 rings (SSSR count). The molecule has 0 heterocycles. The molecule has 0 aliphatic rings. The third-order valence-electron chi connectivity index (χ3n) is 3.30. The van der Waals surface area contributed by atoms with E-state index in [9.17, 15) is 4.79 Å². The maximum atomic E-state index is 10.7. The third-order valence-corrected chi connectivity index (χ3v) is 6.00. The Bertz CT molecular complexity index is 277. The summed E-state index contributed by atoms with van der Waals surface area (Å²) in [6.07, 6.45) is 15.7. The molecular formula is C17H31OS3. The highest BCUT2D eigenvalue weighted by atomic mass is 32.2. The molecule has 0 aliphatic carbocycles. The lowest BCUT2D eigenvalue weighted by Gasteiger charge is -2.14. The molecule has 1 nitrogen and oxygen atoms in total. The molecule has 0 spiro atoms. The molecule has 1 radical (unpaired) electrons. The summed E-state index contributed by atoms with van der Waals surface area (Å²) in [5.74, 6) is 1.08. The van der Waals surface area contributed by atoms with Gasteiger partial charge in [0.05, 0.1) is 4.75 Å². The van der Waals surface area contributed by atoms with Crippen LogP contribution in [-0.2, 0) is 4.79 Å². The molecular weight excluding hydrogens is 316 g/mol. The molecule has 0 aromatic heterocycles. The van der Waals surface area contributed by atoms with Crippen LogP contribution in [0, 0.1) is 0 Å². The van der Waals surface area contributed by atoms with Crippen molar-refractivity contribution in [2.45, 2.75) is 89.7 Å². The lowest BCUT2D eigenvalue weighted by Crippen LogP contribution is -2.17. The maximum Gasteiger partial charge on any atom is 0.215 e. The molecule has 4 heteroatoms. The van der Waals surface area contributed by atoms with E-state index in [1.54, 1.807) is 11.8 Å². The average molecular weight is 348 g/mol.